The molecule has 2 rings (SSSR count). The maximum Gasteiger partial charge on any atom is 0.325 e. The molecule has 0 fully saturated rings. The number of carboxylic acids is 1. The molecule has 110 valence electrons. The largest absolute Gasteiger partial charge is 0.480 e. The number of carbonyl (C=O) groups is 3. The Labute approximate surface area is 118 Å². The number of aliphatic carboxylic acids is 1. The summed E-state index contributed by atoms with van der Waals surface area (Å²) in [5, 5.41) is 18.7. The zero-order chi connectivity index (χ0) is 15.6. The number of hydrogen-bond donors (Lipinski definition) is 3. The van der Waals surface area contributed by atoms with Gasteiger partial charge in [0.05, 0.1) is 11.9 Å². The van der Waals surface area contributed by atoms with E-state index in [2.05, 4.69) is 15.5 Å². The van der Waals surface area contributed by atoms with Crippen molar-refractivity contribution in [1.29, 1.82) is 0 Å². The first kappa shape index (κ1) is 14.2. The van der Waals surface area contributed by atoms with Crippen LogP contribution in [0.15, 0.2) is 18.5 Å². The third kappa shape index (κ3) is 3.05. The van der Waals surface area contributed by atoms with E-state index in [0.29, 0.717) is 0 Å². The lowest BCUT2D eigenvalue weighted by atomic mass is 10.3. The minimum Gasteiger partial charge on any atom is -0.480 e. The second-order valence-electron chi connectivity index (χ2n) is 4.14. The van der Waals surface area contributed by atoms with E-state index >= 15 is 0 Å². The Morgan fingerprint density at radius 2 is 2.14 bits per heavy atom. The number of carbonyl (C=O) groups excluding carboxylic acids is 2. The molecule has 0 aliphatic carbocycles. The highest BCUT2D eigenvalue weighted by Crippen LogP contribution is 2.14. The molecule has 2 aromatic rings. The van der Waals surface area contributed by atoms with Crippen molar-refractivity contribution in [1.82, 2.24) is 19.6 Å². The number of anilines is 1. The monoisotopic (exact) mass is 292 g/mol. The van der Waals surface area contributed by atoms with Gasteiger partial charge in [-0.15, -0.1) is 0 Å². The van der Waals surface area contributed by atoms with Crippen LogP contribution in [-0.2, 0) is 18.4 Å². The molecule has 2 heterocycles. The minimum atomic E-state index is -1.08. The van der Waals surface area contributed by atoms with Crippen molar-refractivity contribution in [2.45, 2.75) is 6.54 Å². The van der Waals surface area contributed by atoms with Crippen LogP contribution in [-0.4, -0.2) is 42.5 Å². The van der Waals surface area contributed by atoms with E-state index in [1.54, 1.807) is 0 Å². The maximum absolute atomic E-state index is 12.0. The average Bonchev–Trinajstić information content (AvgIpc) is 2.95. The van der Waals surface area contributed by atoms with Gasteiger partial charge in [0, 0.05) is 13.2 Å². The van der Waals surface area contributed by atoms with Gasteiger partial charge in [0.25, 0.3) is 11.8 Å². The van der Waals surface area contributed by atoms with Crippen LogP contribution in [0.2, 0.25) is 0 Å². The Morgan fingerprint density at radius 3 is 2.76 bits per heavy atom. The predicted molar refractivity (Wildman–Crippen MR) is 69.5 cm³/mol. The van der Waals surface area contributed by atoms with Crippen molar-refractivity contribution in [3.05, 3.63) is 29.8 Å². The highest BCUT2D eigenvalue weighted by atomic mass is 16.4. The quantitative estimate of drug-likeness (QED) is 0.648. The Morgan fingerprint density at radius 1 is 1.43 bits per heavy atom. The molecule has 0 radical (unpaired) electrons. The zero-order valence-corrected chi connectivity index (χ0v) is 11.0. The molecule has 10 nitrogen and oxygen atoms in total. The summed E-state index contributed by atoms with van der Waals surface area (Å²) in [5.41, 5.74) is 5.41. The van der Waals surface area contributed by atoms with Gasteiger partial charge in [-0.05, 0) is 6.07 Å². The van der Waals surface area contributed by atoms with E-state index in [4.69, 9.17) is 10.8 Å². The fourth-order valence-corrected chi connectivity index (χ4v) is 1.72. The highest BCUT2D eigenvalue weighted by molar-refractivity contribution is 6.07. The second kappa shape index (κ2) is 5.45. The van der Waals surface area contributed by atoms with Crippen LogP contribution in [0.4, 0.5) is 5.69 Å². The standard InChI is InChI=1S/C11H12N6O4/c1-16-9(10(12)20)7(4-13-16)14-11(21)6-2-3-17(15-6)5-8(18)19/h2-4H,5H2,1H3,(H2,12,20)(H,14,21)(H,18,19). The third-order valence-corrected chi connectivity index (χ3v) is 2.59. The van der Waals surface area contributed by atoms with Crippen molar-refractivity contribution in [3.8, 4) is 0 Å². The number of nitrogens with one attached hydrogen (secondary N) is 1. The molecular weight excluding hydrogens is 280 g/mol. The van der Waals surface area contributed by atoms with E-state index in [9.17, 15) is 14.4 Å². The summed E-state index contributed by atoms with van der Waals surface area (Å²) in [6.45, 7) is -0.354. The molecule has 0 unspecified atom stereocenters. The lowest BCUT2D eigenvalue weighted by Crippen LogP contribution is -2.20. The Bertz CT molecular complexity index is 716. The smallest absolute Gasteiger partial charge is 0.325 e. The number of amides is 2. The molecule has 2 amide bonds. The van der Waals surface area contributed by atoms with Gasteiger partial charge in [-0.3, -0.25) is 23.7 Å². The number of aromatic nitrogens is 4. The Hall–Kier alpha value is -3.17. The number of primary amides is 1. The molecular formula is C11H12N6O4. The van der Waals surface area contributed by atoms with Gasteiger partial charge in [0.1, 0.15) is 12.2 Å². The first-order valence-corrected chi connectivity index (χ1v) is 5.77. The van der Waals surface area contributed by atoms with Crippen molar-refractivity contribution < 1.29 is 19.5 Å². The molecule has 0 bridgehead atoms. The summed E-state index contributed by atoms with van der Waals surface area (Å²) in [7, 11) is 1.51. The van der Waals surface area contributed by atoms with Crippen LogP contribution in [0.1, 0.15) is 21.0 Å². The van der Waals surface area contributed by atoms with Crippen LogP contribution in [0, 0.1) is 0 Å². The molecule has 21 heavy (non-hydrogen) atoms. The molecule has 0 saturated heterocycles. The first-order chi connectivity index (χ1) is 9.88. The van der Waals surface area contributed by atoms with Gasteiger partial charge in [0.15, 0.2) is 5.69 Å². The van der Waals surface area contributed by atoms with Gasteiger partial charge in [-0.2, -0.15) is 10.2 Å². The number of rotatable bonds is 5. The predicted octanol–water partition coefficient (Wildman–Crippen LogP) is -0.948. The molecule has 0 atom stereocenters. The second-order valence-corrected chi connectivity index (χ2v) is 4.14. The summed E-state index contributed by atoms with van der Waals surface area (Å²) in [5.74, 6) is -2.41. The highest BCUT2D eigenvalue weighted by Gasteiger charge is 2.18. The molecule has 10 heteroatoms. The van der Waals surface area contributed by atoms with Gasteiger partial charge in [0.2, 0.25) is 0 Å². The number of aryl methyl sites for hydroxylation is 1. The van der Waals surface area contributed by atoms with Gasteiger partial charge >= 0.3 is 5.97 Å². The van der Waals surface area contributed by atoms with Gasteiger partial charge < -0.3 is 16.2 Å². The van der Waals surface area contributed by atoms with Crippen molar-refractivity contribution >= 4 is 23.5 Å². The molecule has 2 aromatic heterocycles. The lowest BCUT2D eigenvalue weighted by molar-refractivity contribution is -0.137. The van der Waals surface area contributed by atoms with E-state index in [0.717, 1.165) is 4.68 Å². The lowest BCUT2D eigenvalue weighted by Gasteiger charge is -2.03. The van der Waals surface area contributed by atoms with Crippen molar-refractivity contribution in [2.75, 3.05) is 5.32 Å². The Kier molecular flexibility index (Phi) is 3.69. The summed E-state index contributed by atoms with van der Waals surface area (Å²) in [6.07, 6.45) is 2.65. The minimum absolute atomic E-state index is 0.00974. The number of nitrogens with two attached hydrogens (primary N) is 1. The summed E-state index contributed by atoms with van der Waals surface area (Å²) < 4.78 is 2.34. The van der Waals surface area contributed by atoms with E-state index < -0.39 is 17.8 Å². The summed E-state index contributed by atoms with van der Waals surface area (Å²) >= 11 is 0. The van der Waals surface area contributed by atoms with Crippen molar-refractivity contribution in [3.63, 3.8) is 0 Å². The molecule has 4 N–H and O–H groups in total. The Balaban J connectivity index is 2.17. The van der Waals surface area contributed by atoms with E-state index in [1.807, 2.05) is 0 Å². The third-order valence-electron chi connectivity index (χ3n) is 2.59. The van der Waals surface area contributed by atoms with Crippen LogP contribution >= 0.6 is 0 Å². The number of nitrogens with zero attached hydrogens (tertiary/aromatic N) is 4. The van der Waals surface area contributed by atoms with Gasteiger partial charge in [-0.25, -0.2) is 0 Å². The topological polar surface area (TPSA) is 145 Å². The van der Waals surface area contributed by atoms with Crippen LogP contribution < -0.4 is 11.1 Å². The molecule has 0 aromatic carbocycles. The molecule has 0 spiro atoms. The zero-order valence-electron chi connectivity index (χ0n) is 11.0. The normalized spacial score (nSPS) is 10.3. The van der Waals surface area contributed by atoms with Crippen LogP contribution in [0.5, 0.6) is 0 Å². The first-order valence-electron chi connectivity index (χ1n) is 5.77. The summed E-state index contributed by atoms with van der Waals surface area (Å²) in [6, 6.07) is 1.36. The average molecular weight is 292 g/mol. The molecule has 0 saturated carbocycles. The molecule has 0 aliphatic heterocycles. The summed E-state index contributed by atoms with van der Waals surface area (Å²) in [4.78, 5) is 33.8. The maximum atomic E-state index is 12.0. The number of carboxylic acid groups (broad SMARTS) is 1. The van der Waals surface area contributed by atoms with Crippen molar-refractivity contribution in [2.24, 2.45) is 12.8 Å². The molecule has 0 aliphatic rings. The van der Waals surface area contributed by atoms with E-state index in [1.165, 1.54) is 30.2 Å². The fraction of sp³-hybridized carbons (Fsp3) is 0.182. The SMILES string of the molecule is Cn1ncc(NC(=O)c2ccn(CC(=O)O)n2)c1C(N)=O. The van der Waals surface area contributed by atoms with Crippen LogP contribution in [0.25, 0.3) is 0 Å². The fourth-order valence-electron chi connectivity index (χ4n) is 1.72. The van der Waals surface area contributed by atoms with Gasteiger partial charge in [-0.1, -0.05) is 0 Å². The van der Waals surface area contributed by atoms with E-state index in [-0.39, 0.29) is 23.6 Å². The van der Waals surface area contributed by atoms with Crippen LogP contribution in [0.3, 0.4) is 0 Å². The number of hydrogen-bond acceptors (Lipinski definition) is 5.